The Labute approximate surface area is 105 Å². The third-order valence-electron chi connectivity index (χ3n) is 1.91. The molecular weight excluding hydrogens is 294 g/mol. The Morgan fingerprint density at radius 2 is 2.25 bits per heavy atom. The number of ether oxygens (including phenoxy) is 1. The number of halogens is 1. The van der Waals surface area contributed by atoms with Gasteiger partial charge in [0.15, 0.2) is 5.76 Å². The Hall–Kier alpha value is -1.40. The summed E-state index contributed by atoms with van der Waals surface area (Å²) in [6, 6.07) is 4.84. The van der Waals surface area contributed by atoms with Gasteiger partial charge < -0.3 is 9.84 Å². The van der Waals surface area contributed by atoms with Gasteiger partial charge >= 0.3 is 0 Å². The second kappa shape index (κ2) is 4.23. The number of aromatic hydroxyl groups is 1. The molecule has 1 fully saturated rings. The summed E-state index contributed by atoms with van der Waals surface area (Å²) in [4.78, 5) is 11.3. The topological polar surface area (TPSA) is 58.6 Å². The van der Waals surface area contributed by atoms with Crippen LogP contribution < -0.4 is 5.32 Å². The van der Waals surface area contributed by atoms with Crippen molar-refractivity contribution in [1.82, 2.24) is 5.32 Å². The van der Waals surface area contributed by atoms with E-state index < -0.39 is 0 Å². The van der Waals surface area contributed by atoms with Gasteiger partial charge in [0, 0.05) is 0 Å². The maximum Gasteiger partial charge on any atom is 0.294 e. The van der Waals surface area contributed by atoms with Crippen LogP contribution in [0.15, 0.2) is 28.4 Å². The third-order valence-corrected chi connectivity index (χ3v) is 2.73. The lowest BCUT2D eigenvalue weighted by molar-refractivity contribution is -0.116. The van der Waals surface area contributed by atoms with Crippen LogP contribution in [0.2, 0.25) is 0 Å². The molecule has 0 radical (unpaired) electrons. The van der Waals surface area contributed by atoms with E-state index in [1.165, 1.54) is 6.07 Å². The van der Waals surface area contributed by atoms with Crippen molar-refractivity contribution in [3.8, 4) is 5.75 Å². The predicted molar refractivity (Wildman–Crippen MR) is 65.6 cm³/mol. The van der Waals surface area contributed by atoms with Crippen molar-refractivity contribution < 1.29 is 14.6 Å². The first-order valence-electron chi connectivity index (χ1n) is 4.29. The van der Waals surface area contributed by atoms with Crippen LogP contribution in [0.3, 0.4) is 0 Å². The minimum atomic E-state index is -0.366. The average Bonchev–Trinajstić information content (AvgIpc) is 2.51. The Kier molecular flexibility index (Phi) is 2.93. The molecule has 0 unspecified atom stereocenters. The molecule has 1 heterocycles. The fourth-order valence-electron chi connectivity index (χ4n) is 1.19. The van der Waals surface area contributed by atoms with E-state index in [2.05, 4.69) is 21.2 Å². The Morgan fingerprint density at radius 3 is 2.81 bits per heavy atom. The largest absolute Gasteiger partial charge is 0.507 e. The highest BCUT2D eigenvalue weighted by atomic mass is 79.9. The fourth-order valence-corrected chi connectivity index (χ4v) is 1.76. The van der Waals surface area contributed by atoms with Gasteiger partial charge in [-0.05, 0) is 51.9 Å². The molecule has 0 aliphatic carbocycles. The zero-order chi connectivity index (χ0) is 11.7. The first-order valence-corrected chi connectivity index (χ1v) is 5.50. The van der Waals surface area contributed by atoms with Crippen LogP contribution in [-0.2, 0) is 9.53 Å². The van der Waals surface area contributed by atoms with Crippen molar-refractivity contribution in [1.29, 1.82) is 0 Å². The molecule has 2 rings (SSSR count). The molecule has 0 bridgehead atoms. The summed E-state index contributed by atoms with van der Waals surface area (Å²) in [5.74, 6) is -0.0914. The first-order chi connectivity index (χ1) is 7.56. The van der Waals surface area contributed by atoms with Gasteiger partial charge in [-0.3, -0.25) is 10.1 Å². The molecule has 16 heavy (non-hydrogen) atoms. The van der Waals surface area contributed by atoms with Crippen LogP contribution in [-0.4, -0.2) is 16.2 Å². The molecule has 1 aromatic carbocycles. The van der Waals surface area contributed by atoms with Crippen LogP contribution in [0.25, 0.3) is 6.08 Å². The molecular formula is C10H6BrNO3S. The minimum absolute atomic E-state index is 0.0501. The number of benzene rings is 1. The Bertz CT molecular complexity index is 513. The van der Waals surface area contributed by atoms with Gasteiger partial charge in [0.05, 0.1) is 4.47 Å². The van der Waals surface area contributed by atoms with E-state index in [-0.39, 0.29) is 22.6 Å². The summed E-state index contributed by atoms with van der Waals surface area (Å²) >= 11 is 7.87. The fraction of sp³-hybridized carbons (Fsp3) is 0. The molecule has 1 amide bonds. The van der Waals surface area contributed by atoms with E-state index in [1.54, 1.807) is 18.2 Å². The van der Waals surface area contributed by atoms with E-state index in [4.69, 9.17) is 17.0 Å². The molecule has 0 saturated carbocycles. The number of amides is 1. The minimum Gasteiger partial charge on any atom is -0.507 e. The number of hydrogen-bond donors (Lipinski definition) is 2. The van der Waals surface area contributed by atoms with Crippen molar-refractivity contribution >= 4 is 45.3 Å². The highest BCUT2D eigenvalue weighted by Gasteiger charge is 2.22. The number of rotatable bonds is 1. The average molecular weight is 300 g/mol. The van der Waals surface area contributed by atoms with Crippen LogP contribution in [0.4, 0.5) is 0 Å². The van der Waals surface area contributed by atoms with Gasteiger partial charge in [-0.25, -0.2) is 0 Å². The number of carbonyl (C=O) groups is 1. The lowest BCUT2D eigenvalue weighted by Crippen LogP contribution is -2.18. The van der Waals surface area contributed by atoms with Gasteiger partial charge in [-0.15, -0.1) is 0 Å². The molecule has 1 aliphatic rings. The van der Waals surface area contributed by atoms with Crippen molar-refractivity contribution in [3.63, 3.8) is 0 Å². The molecule has 1 saturated heterocycles. The van der Waals surface area contributed by atoms with E-state index in [1.807, 2.05) is 0 Å². The van der Waals surface area contributed by atoms with Gasteiger partial charge in [0.2, 0.25) is 0 Å². The molecule has 0 spiro atoms. The summed E-state index contributed by atoms with van der Waals surface area (Å²) in [7, 11) is 0. The van der Waals surface area contributed by atoms with Crippen LogP contribution >= 0.6 is 28.1 Å². The smallest absolute Gasteiger partial charge is 0.294 e. The zero-order valence-corrected chi connectivity index (χ0v) is 10.3. The van der Waals surface area contributed by atoms with Gasteiger partial charge in [-0.2, -0.15) is 0 Å². The van der Waals surface area contributed by atoms with E-state index in [0.717, 1.165) is 5.56 Å². The summed E-state index contributed by atoms with van der Waals surface area (Å²) in [5, 5.41) is 11.7. The lowest BCUT2D eigenvalue weighted by atomic mass is 10.2. The van der Waals surface area contributed by atoms with Crippen molar-refractivity contribution in [2.24, 2.45) is 0 Å². The van der Waals surface area contributed by atoms with E-state index in [9.17, 15) is 9.90 Å². The number of phenols is 1. The highest BCUT2D eigenvalue weighted by Crippen LogP contribution is 2.25. The van der Waals surface area contributed by atoms with Gasteiger partial charge in [-0.1, -0.05) is 6.07 Å². The van der Waals surface area contributed by atoms with E-state index >= 15 is 0 Å². The number of thiocarbonyl (C=S) groups is 1. The van der Waals surface area contributed by atoms with Gasteiger partial charge in [0.25, 0.3) is 11.1 Å². The molecule has 1 aliphatic heterocycles. The molecule has 82 valence electrons. The SMILES string of the molecule is O=C1NC(=S)OC1=Cc1ccc(O)c(Br)c1. The number of phenolic OH excluding ortho intramolecular Hbond substituents is 1. The molecule has 0 atom stereocenters. The second-order valence-electron chi connectivity index (χ2n) is 3.06. The van der Waals surface area contributed by atoms with Crippen molar-refractivity contribution in [2.75, 3.05) is 0 Å². The number of hydrogen-bond acceptors (Lipinski definition) is 4. The molecule has 0 aromatic heterocycles. The van der Waals surface area contributed by atoms with Crippen LogP contribution in [0, 0.1) is 0 Å². The van der Waals surface area contributed by atoms with Gasteiger partial charge in [0.1, 0.15) is 5.75 Å². The van der Waals surface area contributed by atoms with E-state index in [0.29, 0.717) is 4.47 Å². The maximum absolute atomic E-state index is 11.3. The molecule has 1 aromatic rings. The summed E-state index contributed by atoms with van der Waals surface area (Å²) in [5.41, 5.74) is 0.722. The first kappa shape index (κ1) is 11.1. The maximum atomic E-state index is 11.3. The Balaban J connectivity index is 2.32. The zero-order valence-electron chi connectivity index (χ0n) is 7.86. The normalized spacial score (nSPS) is 17.4. The van der Waals surface area contributed by atoms with Crippen LogP contribution in [0.1, 0.15) is 5.56 Å². The Morgan fingerprint density at radius 1 is 1.50 bits per heavy atom. The van der Waals surface area contributed by atoms with Crippen LogP contribution in [0.5, 0.6) is 5.75 Å². The van der Waals surface area contributed by atoms with Crippen molar-refractivity contribution in [3.05, 3.63) is 34.0 Å². The molecule has 4 nitrogen and oxygen atoms in total. The summed E-state index contributed by atoms with van der Waals surface area (Å²) in [6.45, 7) is 0. The monoisotopic (exact) mass is 299 g/mol. The lowest BCUT2D eigenvalue weighted by Gasteiger charge is -1.99. The molecule has 6 heteroatoms. The quantitative estimate of drug-likeness (QED) is 0.614. The predicted octanol–water partition coefficient (Wildman–Crippen LogP) is 1.93. The highest BCUT2D eigenvalue weighted by molar-refractivity contribution is 9.10. The third kappa shape index (κ3) is 2.23. The number of carbonyl (C=O) groups excluding carboxylic acids is 1. The summed E-state index contributed by atoms with van der Waals surface area (Å²) in [6.07, 6.45) is 1.54. The second-order valence-corrected chi connectivity index (χ2v) is 4.29. The summed E-state index contributed by atoms with van der Waals surface area (Å²) < 4.78 is 5.55. The molecule has 2 N–H and O–H groups in total. The van der Waals surface area contributed by atoms with Crippen molar-refractivity contribution in [2.45, 2.75) is 0 Å². The standard InChI is InChI=1S/C10H6BrNO3S/c11-6-3-5(1-2-7(6)13)4-8-9(14)12-10(16)15-8/h1-4,13H,(H,12,14,16). The number of nitrogens with one attached hydrogen (secondary N) is 1.